The van der Waals surface area contributed by atoms with E-state index in [1.165, 1.54) is 6.92 Å². The van der Waals surface area contributed by atoms with Crippen molar-refractivity contribution in [3.05, 3.63) is 0 Å². The van der Waals surface area contributed by atoms with Gasteiger partial charge in [-0.3, -0.25) is 9.59 Å². The van der Waals surface area contributed by atoms with Gasteiger partial charge >= 0.3 is 11.9 Å². The Morgan fingerprint density at radius 3 is 2.27 bits per heavy atom. The van der Waals surface area contributed by atoms with Crippen LogP contribution in [-0.2, 0) is 14.3 Å². The van der Waals surface area contributed by atoms with Gasteiger partial charge in [-0.15, -0.1) is 0 Å². The molecule has 0 spiro atoms. The molecule has 0 radical (unpaired) electrons. The first kappa shape index (κ1) is 13.9. The average molecular weight is 217 g/mol. The Bertz CT molecular complexity index is 227. The molecule has 88 valence electrons. The zero-order valence-electron chi connectivity index (χ0n) is 9.40. The van der Waals surface area contributed by atoms with E-state index >= 15 is 0 Å². The van der Waals surface area contributed by atoms with Crippen LogP contribution < -0.4 is 5.73 Å². The third kappa shape index (κ3) is 6.06. The first-order valence-corrected chi connectivity index (χ1v) is 4.99. The highest BCUT2D eigenvalue weighted by molar-refractivity contribution is 5.76. The summed E-state index contributed by atoms with van der Waals surface area (Å²) in [6, 6.07) is -0.661. The van der Waals surface area contributed by atoms with Gasteiger partial charge in [-0.05, 0) is 19.3 Å². The Labute approximate surface area is 89.6 Å². The minimum atomic E-state index is -0.986. The fourth-order valence-corrected chi connectivity index (χ4v) is 0.990. The molecular weight excluding hydrogens is 198 g/mol. The lowest BCUT2D eigenvalue weighted by Crippen LogP contribution is -2.35. The average Bonchev–Trinajstić information content (AvgIpc) is 2.12. The van der Waals surface area contributed by atoms with Gasteiger partial charge in [0.2, 0.25) is 0 Å². The molecule has 0 heterocycles. The molecule has 0 aliphatic rings. The molecule has 0 saturated carbocycles. The summed E-state index contributed by atoms with van der Waals surface area (Å²) < 4.78 is 4.78. The second-order valence-corrected chi connectivity index (χ2v) is 4.11. The maximum atomic E-state index is 11.3. The lowest BCUT2D eigenvalue weighted by Gasteiger charge is -2.14. The van der Waals surface area contributed by atoms with Crippen LogP contribution in [0.2, 0.25) is 0 Å². The van der Waals surface area contributed by atoms with Crippen molar-refractivity contribution in [2.75, 3.05) is 6.61 Å². The van der Waals surface area contributed by atoms with Gasteiger partial charge in [0.1, 0.15) is 12.6 Å². The van der Waals surface area contributed by atoms with Crippen molar-refractivity contribution in [2.24, 2.45) is 17.6 Å². The first-order valence-electron chi connectivity index (χ1n) is 4.99. The number of esters is 1. The van der Waals surface area contributed by atoms with Crippen LogP contribution in [-0.4, -0.2) is 29.7 Å². The van der Waals surface area contributed by atoms with Crippen molar-refractivity contribution in [3.8, 4) is 0 Å². The molecular formula is C10H19NO4. The monoisotopic (exact) mass is 217 g/mol. The van der Waals surface area contributed by atoms with E-state index in [-0.39, 0.29) is 6.61 Å². The number of carboxylic acid groups (broad SMARTS) is 1. The fourth-order valence-electron chi connectivity index (χ4n) is 0.990. The van der Waals surface area contributed by atoms with E-state index in [0.717, 1.165) is 0 Å². The molecule has 0 aliphatic heterocycles. The molecule has 3 N–H and O–H groups in total. The van der Waals surface area contributed by atoms with Gasteiger partial charge in [0, 0.05) is 0 Å². The Morgan fingerprint density at radius 2 is 1.87 bits per heavy atom. The Hall–Kier alpha value is -1.10. The maximum Gasteiger partial charge on any atom is 0.322 e. The molecule has 0 aromatic rings. The number of ether oxygens (including phenoxy) is 1. The molecule has 0 aliphatic carbocycles. The molecule has 0 aromatic heterocycles. The van der Waals surface area contributed by atoms with E-state index in [1.54, 1.807) is 0 Å². The Balaban J connectivity index is 3.88. The predicted molar refractivity (Wildman–Crippen MR) is 55.2 cm³/mol. The standard InChI is InChI=1S/C10H19NO4/c1-6(2)4-8(11)10(14)15-5-7(3)9(12)13/h6-8H,4-5,11H2,1-3H3,(H,12,13)/t7?,8-/m0/s1. The van der Waals surface area contributed by atoms with Crippen molar-refractivity contribution < 1.29 is 19.4 Å². The summed E-state index contributed by atoms with van der Waals surface area (Å²) in [5, 5.41) is 8.56. The molecule has 1 unspecified atom stereocenters. The van der Waals surface area contributed by atoms with Gasteiger partial charge in [-0.2, -0.15) is 0 Å². The third-order valence-electron chi connectivity index (χ3n) is 1.93. The van der Waals surface area contributed by atoms with Crippen LogP contribution in [0, 0.1) is 11.8 Å². The zero-order valence-corrected chi connectivity index (χ0v) is 9.40. The molecule has 15 heavy (non-hydrogen) atoms. The highest BCUT2D eigenvalue weighted by atomic mass is 16.5. The SMILES string of the molecule is CC(C)C[C@H](N)C(=O)OCC(C)C(=O)O. The number of rotatable bonds is 6. The third-order valence-corrected chi connectivity index (χ3v) is 1.93. The summed E-state index contributed by atoms with van der Waals surface area (Å²) in [5.74, 6) is -1.90. The van der Waals surface area contributed by atoms with Crippen LogP contribution in [0.25, 0.3) is 0 Å². The van der Waals surface area contributed by atoms with E-state index in [4.69, 9.17) is 15.6 Å². The molecule has 2 atom stereocenters. The first-order chi connectivity index (χ1) is 6.84. The fraction of sp³-hybridized carbons (Fsp3) is 0.800. The maximum absolute atomic E-state index is 11.3. The minimum absolute atomic E-state index is 0.125. The Kier molecular flexibility index (Phi) is 5.93. The lowest BCUT2D eigenvalue weighted by molar-refractivity contribution is -0.151. The summed E-state index contributed by atoms with van der Waals surface area (Å²) in [5.41, 5.74) is 5.56. The van der Waals surface area contributed by atoms with Crippen LogP contribution in [0.1, 0.15) is 27.2 Å². The van der Waals surface area contributed by atoms with Crippen molar-refractivity contribution >= 4 is 11.9 Å². The van der Waals surface area contributed by atoms with Gasteiger partial charge in [-0.25, -0.2) is 0 Å². The van der Waals surface area contributed by atoms with Crippen LogP contribution in [0.3, 0.4) is 0 Å². The quantitative estimate of drug-likeness (QED) is 0.637. The molecule has 0 aromatic carbocycles. The van der Waals surface area contributed by atoms with E-state index in [0.29, 0.717) is 12.3 Å². The normalized spacial score (nSPS) is 14.7. The van der Waals surface area contributed by atoms with Crippen molar-refractivity contribution in [1.82, 2.24) is 0 Å². The number of carboxylic acids is 1. The second-order valence-electron chi connectivity index (χ2n) is 4.11. The zero-order chi connectivity index (χ0) is 12.0. The van der Waals surface area contributed by atoms with E-state index in [1.807, 2.05) is 13.8 Å². The van der Waals surface area contributed by atoms with Crippen LogP contribution in [0.5, 0.6) is 0 Å². The van der Waals surface area contributed by atoms with Crippen LogP contribution >= 0.6 is 0 Å². The molecule has 0 fully saturated rings. The molecule has 0 bridgehead atoms. The summed E-state index contributed by atoms with van der Waals surface area (Å²) in [7, 11) is 0. The topological polar surface area (TPSA) is 89.6 Å². The highest BCUT2D eigenvalue weighted by Gasteiger charge is 2.19. The molecule has 0 rings (SSSR count). The van der Waals surface area contributed by atoms with Crippen molar-refractivity contribution in [2.45, 2.75) is 33.2 Å². The number of nitrogens with two attached hydrogens (primary N) is 1. The smallest absolute Gasteiger partial charge is 0.322 e. The van der Waals surface area contributed by atoms with Crippen LogP contribution in [0.15, 0.2) is 0 Å². The molecule has 5 nitrogen and oxygen atoms in total. The summed E-state index contributed by atoms with van der Waals surface area (Å²) >= 11 is 0. The van der Waals surface area contributed by atoms with E-state index in [9.17, 15) is 9.59 Å². The molecule has 5 heteroatoms. The van der Waals surface area contributed by atoms with Crippen LogP contribution in [0.4, 0.5) is 0 Å². The number of hydrogen-bond donors (Lipinski definition) is 2. The van der Waals surface area contributed by atoms with E-state index in [2.05, 4.69) is 0 Å². The minimum Gasteiger partial charge on any atom is -0.481 e. The van der Waals surface area contributed by atoms with Gasteiger partial charge in [0.15, 0.2) is 0 Å². The van der Waals surface area contributed by atoms with Gasteiger partial charge in [-0.1, -0.05) is 13.8 Å². The van der Waals surface area contributed by atoms with Crippen molar-refractivity contribution in [3.63, 3.8) is 0 Å². The van der Waals surface area contributed by atoms with Gasteiger partial charge in [0.25, 0.3) is 0 Å². The highest BCUT2D eigenvalue weighted by Crippen LogP contribution is 2.05. The largest absolute Gasteiger partial charge is 0.481 e. The Morgan fingerprint density at radius 1 is 1.33 bits per heavy atom. The summed E-state index contributed by atoms with van der Waals surface area (Å²) in [6.45, 7) is 5.25. The lowest BCUT2D eigenvalue weighted by atomic mass is 10.1. The number of carbonyl (C=O) groups excluding carboxylic acids is 1. The van der Waals surface area contributed by atoms with Gasteiger partial charge < -0.3 is 15.6 Å². The summed E-state index contributed by atoms with van der Waals surface area (Å²) in [4.78, 5) is 21.7. The van der Waals surface area contributed by atoms with E-state index < -0.39 is 23.9 Å². The predicted octanol–water partition coefficient (Wildman–Crippen LogP) is 0.624. The molecule has 0 saturated heterocycles. The van der Waals surface area contributed by atoms with Crippen molar-refractivity contribution in [1.29, 1.82) is 0 Å². The summed E-state index contributed by atoms with van der Waals surface area (Å²) in [6.07, 6.45) is 0.542. The van der Waals surface area contributed by atoms with Gasteiger partial charge in [0.05, 0.1) is 5.92 Å². The molecule has 0 amide bonds. The number of hydrogen-bond acceptors (Lipinski definition) is 4. The number of carbonyl (C=O) groups is 2. The number of aliphatic carboxylic acids is 1. The second kappa shape index (κ2) is 6.40.